The zero-order chi connectivity index (χ0) is 15.1. The van der Waals surface area contributed by atoms with Gasteiger partial charge in [-0.05, 0) is 20.8 Å². The van der Waals surface area contributed by atoms with E-state index >= 15 is 0 Å². The predicted octanol–water partition coefficient (Wildman–Crippen LogP) is 3.87. The number of halogens is 4. The van der Waals surface area contributed by atoms with Gasteiger partial charge in [0.15, 0.2) is 5.69 Å². The molecule has 1 aromatic rings. The minimum Gasteiger partial charge on any atom is -0.389 e. The third-order valence-electron chi connectivity index (χ3n) is 2.72. The highest BCUT2D eigenvalue weighted by Crippen LogP contribution is 2.41. The van der Waals surface area contributed by atoms with Crippen molar-refractivity contribution in [2.75, 3.05) is 0 Å². The van der Waals surface area contributed by atoms with Gasteiger partial charge in [0.1, 0.15) is 10.6 Å². The molecule has 0 aromatic carbocycles. The van der Waals surface area contributed by atoms with Crippen LogP contribution in [0.1, 0.15) is 43.7 Å². The Morgan fingerprint density at radius 1 is 1.40 bits per heavy atom. The first-order valence-electron chi connectivity index (χ1n) is 5.83. The molecule has 4 nitrogen and oxygen atoms in total. The van der Waals surface area contributed by atoms with E-state index in [1.807, 2.05) is 13.8 Å². The van der Waals surface area contributed by atoms with Crippen LogP contribution >= 0.6 is 11.8 Å². The maximum Gasteiger partial charge on any atom is 0.435 e. The summed E-state index contributed by atoms with van der Waals surface area (Å²) in [6, 6.07) is 0. The number of aromatic nitrogens is 2. The minimum atomic E-state index is -4.70. The molecule has 112 valence electrons. The van der Waals surface area contributed by atoms with Crippen molar-refractivity contribution in [1.29, 1.82) is 0 Å². The molecule has 0 spiro atoms. The van der Waals surface area contributed by atoms with E-state index in [0.29, 0.717) is 11.5 Å². The Labute approximate surface area is 116 Å². The number of hydrogen-bond acceptors (Lipinski definition) is 4. The van der Waals surface area contributed by atoms with Crippen LogP contribution in [0.5, 0.6) is 0 Å². The van der Waals surface area contributed by atoms with Crippen LogP contribution in [0.2, 0.25) is 0 Å². The van der Waals surface area contributed by atoms with Crippen LogP contribution in [0.15, 0.2) is 5.16 Å². The first kappa shape index (κ1) is 15.1. The molecule has 0 saturated carbocycles. The molecule has 0 radical (unpaired) electrons. The Balaban J connectivity index is 2.18. The van der Waals surface area contributed by atoms with Crippen molar-refractivity contribution in [3.63, 3.8) is 0 Å². The second-order valence-electron chi connectivity index (χ2n) is 5.07. The van der Waals surface area contributed by atoms with E-state index in [4.69, 9.17) is 4.84 Å². The van der Waals surface area contributed by atoms with Crippen LogP contribution in [0, 0.1) is 5.95 Å². The lowest BCUT2D eigenvalue weighted by atomic mass is 10.1. The number of rotatable bonds is 2. The molecule has 20 heavy (non-hydrogen) atoms. The lowest BCUT2D eigenvalue weighted by Gasteiger charge is -2.14. The molecule has 0 aliphatic carbocycles. The topological polar surface area (TPSA) is 50.3 Å². The lowest BCUT2D eigenvalue weighted by molar-refractivity contribution is -0.141. The van der Waals surface area contributed by atoms with Crippen LogP contribution in [0.25, 0.3) is 0 Å². The Bertz CT molecular complexity index is 538. The average Bonchev–Trinajstić information content (AvgIpc) is 2.81. The number of hydrogen-bond donors (Lipinski definition) is 1. The van der Waals surface area contributed by atoms with Gasteiger partial charge in [-0.15, -0.1) is 0 Å². The number of oxime groups is 1. The fraction of sp³-hybridized carbons (Fsp3) is 0.636. The molecule has 2 heterocycles. The molecule has 0 bridgehead atoms. The van der Waals surface area contributed by atoms with E-state index in [2.05, 4.69) is 10.3 Å². The second kappa shape index (κ2) is 4.94. The molecule has 1 aliphatic heterocycles. The number of aromatic amines is 1. The zero-order valence-electron chi connectivity index (χ0n) is 11.0. The van der Waals surface area contributed by atoms with E-state index < -0.39 is 34.2 Å². The molecule has 0 saturated heterocycles. The first-order chi connectivity index (χ1) is 9.10. The molecule has 0 amide bonds. The largest absolute Gasteiger partial charge is 0.435 e. The Hall–Kier alpha value is -1.25. The van der Waals surface area contributed by atoms with E-state index in [1.54, 1.807) is 5.10 Å². The maximum atomic E-state index is 13.5. The van der Waals surface area contributed by atoms with E-state index in [9.17, 15) is 17.6 Å². The monoisotopic (exact) mass is 311 g/mol. The van der Waals surface area contributed by atoms with Crippen LogP contribution in [-0.4, -0.2) is 20.8 Å². The predicted molar refractivity (Wildman–Crippen MR) is 66.8 cm³/mol. The average molecular weight is 311 g/mol. The smallest absolute Gasteiger partial charge is 0.389 e. The van der Waals surface area contributed by atoms with E-state index in [-0.39, 0.29) is 0 Å². The summed E-state index contributed by atoms with van der Waals surface area (Å²) in [4.78, 5) is 5.13. The summed E-state index contributed by atoms with van der Waals surface area (Å²) in [6.07, 6.45) is -4.22. The molecule has 1 N–H and O–H groups in total. The van der Waals surface area contributed by atoms with Gasteiger partial charge in [-0.2, -0.15) is 22.7 Å². The molecule has 1 aromatic heterocycles. The van der Waals surface area contributed by atoms with Crippen molar-refractivity contribution < 1.29 is 22.4 Å². The van der Waals surface area contributed by atoms with Gasteiger partial charge in [-0.3, -0.25) is 5.10 Å². The summed E-state index contributed by atoms with van der Waals surface area (Å²) in [7, 11) is 0. The van der Waals surface area contributed by atoms with E-state index in [1.165, 1.54) is 6.92 Å². The van der Waals surface area contributed by atoms with Crippen molar-refractivity contribution in [1.82, 2.24) is 10.2 Å². The van der Waals surface area contributed by atoms with Gasteiger partial charge in [-0.25, -0.2) is 0 Å². The number of nitrogens with one attached hydrogen (secondary N) is 1. The van der Waals surface area contributed by atoms with E-state index in [0.717, 1.165) is 11.8 Å². The third-order valence-corrected chi connectivity index (χ3v) is 3.80. The molecule has 1 aliphatic rings. The minimum absolute atomic E-state index is 0.475. The third kappa shape index (κ3) is 3.08. The van der Waals surface area contributed by atoms with Gasteiger partial charge >= 0.3 is 6.18 Å². The first-order valence-corrected chi connectivity index (χ1v) is 6.71. The summed E-state index contributed by atoms with van der Waals surface area (Å²) >= 11 is 1.04. The highest BCUT2D eigenvalue weighted by molar-refractivity contribution is 8.14. The molecule has 1 atom stereocenters. The van der Waals surface area contributed by atoms with Gasteiger partial charge in [0.25, 0.3) is 0 Å². The molecule has 0 fully saturated rings. The van der Waals surface area contributed by atoms with Crippen molar-refractivity contribution in [3.05, 3.63) is 17.2 Å². The standard InChI is InChI=1S/C11H13F4N3OS/c1-5(20-6-4-10(2,3)19-18-6)7-8(11(13,14)15)16-17-9(7)12/h5H,4H2,1-3H3,(H,16,17). The Morgan fingerprint density at radius 2 is 2.05 bits per heavy atom. The van der Waals surface area contributed by atoms with Crippen LogP contribution < -0.4 is 0 Å². The normalized spacial score (nSPS) is 19.6. The molecule has 9 heteroatoms. The Morgan fingerprint density at radius 3 is 2.55 bits per heavy atom. The van der Waals surface area contributed by atoms with Gasteiger partial charge in [0, 0.05) is 11.7 Å². The highest BCUT2D eigenvalue weighted by atomic mass is 32.2. The number of alkyl halides is 3. The summed E-state index contributed by atoms with van der Waals surface area (Å²) < 4.78 is 51.8. The SMILES string of the molecule is CC(SC1=NOC(C)(C)C1)c1c(C(F)(F)F)n[nH]c1F. The molecule has 1 unspecified atom stereocenters. The van der Waals surface area contributed by atoms with Crippen LogP contribution in [0.4, 0.5) is 17.6 Å². The highest BCUT2D eigenvalue weighted by Gasteiger charge is 2.40. The number of H-pyrrole nitrogens is 1. The zero-order valence-corrected chi connectivity index (χ0v) is 11.8. The second-order valence-corrected chi connectivity index (χ2v) is 6.48. The molecular weight excluding hydrogens is 298 g/mol. The Kier molecular flexibility index (Phi) is 3.74. The number of nitrogens with zero attached hydrogens (tertiary/aromatic N) is 2. The van der Waals surface area contributed by atoms with Gasteiger partial charge < -0.3 is 4.84 Å². The summed E-state index contributed by atoms with van der Waals surface area (Å²) in [5.41, 5.74) is -2.20. The molecule has 2 rings (SSSR count). The summed E-state index contributed by atoms with van der Waals surface area (Å²) in [5.74, 6) is -1.07. The van der Waals surface area contributed by atoms with Crippen molar-refractivity contribution in [2.45, 2.75) is 44.2 Å². The van der Waals surface area contributed by atoms with Crippen LogP contribution in [-0.2, 0) is 11.0 Å². The fourth-order valence-corrected chi connectivity index (χ4v) is 3.10. The number of thioether (sulfide) groups is 1. The van der Waals surface area contributed by atoms with Gasteiger partial charge in [0.2, 0.25) is 5.95 Å². The maximum absolute atomic E-state index is 13.5. The van der Waals surface area contributed by atoms with Crippen molar-refractivity contribution in [2.24, 2.45) is 5.16 Å². The van der Waals surface area contributed by atoms with Crippen LogP contribution in [0.3, 0.4) is 0 Å². The van der Waals surface area contributed by atoms with Gasteiger partial charge in [0.05, 0.1) is 5.56 Å². The summed E-state index contributed by atoms with van der Waals surface area (Å²) in [5, 5.41) is 8.31. The summed E-state index contributed by atoms with van der Waals surface area (Å²) in [6.45, 7) is 5.10. The quantitative estimate of drug-likeness (QED) is 0.843. The van der Waals surface area contributed by atoms with Gasteiger partial charge in [-0.1, -0.05) is 16.9 Å². The van der Waals surface area contributed by atoms with Crippen molar-refractivity contribution in [3.8, 4) is 0 Å². The molecular formula is C11H13F4N3OS. The fourth-order valence-electron chi connectivity index (χ4n) is 1.85. The van der Waals surface area contributed by atoms with Crippen molar-refractivity contribution >= 4 is 16.8 Å². The lowest BCUT2D eigenvalue weighted by Crippen LogP contribution is -2.18.